The molecule has 0 saturated heterocycles. The van der Waals surface area contributed by atoms with E-state index in [9.17, 15) is 4.79 Å². The first-order chi connectivity index (χ1) is 4.79. The van der Waals surface area contributed by atoms with E-state index in [1.165, 1.54) is 0 Å². The van der Waals surface area contributed by atoms with Crippen molar-refractivity contribution in [2.45, 2.75) is 31.7 Å². The molecule has 0 aromatic rings. The zero-order valence-electron chi connectivity index (χ0n) is 6.34. The van der Waals surface area contributed by atoms with Gasteiger partial charge in [0.05, 0.1) is 0 Å². The second-order valence-electron chi connectivity index (χ2n) is 2.38. The average Bonchev–Trinajstić information content (AvgIpc) is 2.00. The van der Waals surface area contributed by atoms with Crippen LogP contribution in [0.1, 0.15) is 25.7 Å². The Hall–Kier alpha value is -0.410. The van der Waals surface area contributed by atoms with E-state index in [0.29, 0.717) is 24.7 Å². The third kappa shape index (κ3) is 3.58. The highest BCUT2D eigenvalue weighted by Gasteiger charge is 2.13. The van der Waals surface area contributed by atoms with Gasteiger partial charge >= 0.3 is 0 Å². The summed E-state index contributed by atoms with van der Waals surface area (Å²) in [5, 5.41) is 7.00. The molecule has 0 aliphatic heterocycles. The smallest absolute Gasteiger partial charge is 0.133 e. The molecule has 0 unspecified atom stereocenters. The van der Waals surface area contributed by atoms with Crippen LogP contribution in [0.4, 0.5) is 0 Å². The molecular weight excluding hydrogens is 130 g/mol. The van der Waals surface area contributed by atoms with Crippen LogP contribution < -0.4 is 5.73 Å². The molecule has 0 aromatic carbocycles. The van der Waals surface area contributed by atoms with E-state index < -0.39 is 0 Å². The van der Waals surface area contributed by atoms with Gasteiger partial charge in [0.15, 0.2) is 0 Å². The number of ketones is 1. The normalized spacial score (nSPS) is 19.7. The van der Waals surface area contributed by atoms with Crippen molar-refractivity contribution >= 4 is 5.78 Å². The van der Waals surface area contributed by atoms with E-state index in [4.69, 9.17) is 10.8 Å². The minimum atomic E-state index is 0.299. The maximum Gasteiger partial charge on any atom is 0.133 e. The SMILES string of the molecule is CO.NC1CCC(=O)CC1. The molecule has 1 aliphatic carbocycles. The number of aliphatic hydroxyl groups is 1. The van der Waals surface area contributed by atoms with Crippen molar-refractivity contribution in [2.24, 2.45) is 5.73 Å². The molecule has 0 atom stereocenters. The number of carbonyl (C=O) groups is 1. The van der Waals surface area contributed by atoms with E-state index in [2.05, 4.69) is 0 Å². The molecule has 0 radical (unpaired) electrons. The molecule has 0 amide bonds. The first-order valence-electron chi connectivity index (χ1n) is 3.51. The summed E-state index contributed by atoms with van der Waals surface area (Å²) in [7, 11) is 1.00. The van der Waals surface area contributed by atoms with Crippen molar-refractivity contribution in [2.75, 3.05) is 7.11 Å². The minimum absolute atomic E-state index is 0.299. The Balaban J connectivity index is 0.000000371. The minimum Gasteiger partial charge on any atom is -0.400 e. The van der Waals surface area contributed by atoms with Crippen molar-refractivity contribution in [1.82, 2.24) is 0 Å². The van der Waals surface area contributed by atoms with Gasteiger partial charge in [-0.3, -0.25) is 4.79 Å². The van der Waals surface area contributed by atoms with Gasteiger partial charge in [-0.15, -0.1) is 0 Å². The predicted octanol–water partition coefficient (Wildman–Crippen LogP) is 0.0653. The Morgan fingerprint density at radius 1 is 1.40 bits per heavy atom. The lowest BCUT2D eigenvalue weighted by molar-refractivity contribution is -0.120. The third-order valence-corrected chi connectivity index (χ3v) is 1.59. The summed E-state index contributed by atoms with van der Waals surface area (Å²) in [4.78, 5) is 10.6. The van der Waals surface area contributed by atoms with Crippen LogP contribution in [-0.4, -0.2) is 24.0 Å². The summed E-state index contributed by atoms with van der Waals surface area (Å²) in [5.41, 5.74) is 5.54. The fourth-order valence-electron chi connectivity index (χ4n) is 0.962. The number of hydrogen-bond donors (Lipinski definition) is 2. The van der Waals surface area contributed by atoms with Crippen molar-refractivity contribution < 1.29 is 9.90 Å². The van der Waals surface area contributed by atoms with Gasteiger partial charge < -0.3 is 10.8 Å². The molecule has 3 N–H and O–H groups in total. The van der Waals surface area contributed by atoms with Crippen LogP contribution in [0.15, 0.2) is 0 Å². The summed E-state index contributed by atoms with van der Waals surface area (Å²) in [6.07, 6.45) is 3.22. The highest BCUT2D eigenvalue weighted by molar-refractivity contribution is 5.79. The van der Waals surface area contributed by atoms with Crippen LogP contribution in [0.25, 0.3) is 0 Å². The monoisotopic (exact) mass is 145 g/mol. The van der Waals surface area contributed by atoms with Crippen LogP contribution in [0, 0.1) is 0 Å². The van der Waals surface area contributed by atoms with E-state index >= 15 is 0 Å². The molecule has 1 fully saturated rings. The molecule has 1 saturated carbocycles. The molecule has 0 heterocycles. The van der Waals surface area contributed by atoms with Crippen molar-refractivity contribution in [3.63, 3.8) is 0 Å². The summed E-state index contributed by atoms with van der Waals surface area (Å²) in [6, 6.07) is 0.299. The first-order valence-corrected chi connectivity index (χ1v) is 3.51. The summed E-state index contributed by atoms with van der Waals surface area (Å²) < 4.78 is 0. The van der Waals surface area contributed by atoms with E-state index in [1.54, 1.807) is 0 Å². The summed E-state index contributed by atoms with van der Waals surface area (Å²) in [5.74, 6) is 0.381. The Morgan fingerprint density at radius 3 is 2.10 bits per heavy atom. The maximum atomic E-state index is 10.6. The van der Waals surface area contributed by atoms with E-state index in [0.717, 1.165) is 20.0 Å². The van der Waals surface area contributed by atoms with Gasteiger partial charge in [-0.05, 0) is 12.8 Å². The van der Waals surface area contributed by atoms with Crippen LogP contribution in [-0.2, 0) is 4.79 Å². The van der Waals surface area contributed by atoms with Gasteiger partial charge in [-0.25, -0.2) is 0 Å². The average molecular weight is 145 g/mol. The van der Waals surface area contributed by atoms with Gasteiger partial charge in [-0.1, -0.05) is 0 Å². The number of rotatable bonds is 0. The van der Waals surface area contributed by atoms with E-state index in [1.807, 2.05) is 0 Å². The van der Waals surface area contributed by atoms with Gasteiger partial charge in [0.25, 0.3) is 0 Å². The maximum absolute atomic E-state index is 10.6. The number of aliphatic hydroxyl groups excluding tert-OH is 1. The topological polar surface area (TPSA) is 63.3 Å². The lowest BCUT2D eigenvalue weighted by Crippen LogP contribution is -2.26. The highest BCUT2D eigenvalue weighted by atomic mass is 16.2. The van der Waals surface area contributed by atoms with Crippen LogP contribution in [0.5, 0.6) is 0 Å². The number of Topliss-reactive ketones (excluding diaryl/α,β-unsaturated/α-hetero) is 1. The molecule has 60 valence electrons. The quantitative estimate of drug-likeness (QED) is 0.507. The fourth-order valence-corrected chi connectivity index (χ4v) is 0.962. The highest BCUT2D eigenvalue weighted by Crippen LogP contribution is 2.11. The Kier molecular flexibility index (Phi) is 5.16. The molecule has 1 aliphatic rings. The fraction of sp³-hybridized carbons (Fsp3) is 0.857. The van der Waals surface area contributed by atoms with Crippen LogP contribution in [0.2, 0.25) is 0 Å². The van der Waals surface area contributed by atoms with Crippen molar-refractivity contribution in [3.05, 3.63) is 0 Å². The lowest BCUT2D eigenvalue weighted by atomic mass is 9.95. The third-order valence-electron chi connectivity index (χ3n) is 1.59. The molecule has 0 bridgehead atoms. The molecule has 0 spiro atoms. The number of hydrogen-bond acceptors (Lipinski definition) is 3. The van der Waals surface area contributed by atoms with Gasteiger partial charge in [0.1, 0.15) is 5.78 Å². The summed E-state index contributed by atoms with van der Waals surface area (Å²) >= 11 is 0. The summed E-state index contributed by atoms with van der Waals surface area (Å²) in [6.45, 7) is 0. The second kappa shape index (κ2) is 5.38. The Labute approximate surface area is 61.2 Å². The predicted molar refractivity (Wildman–Crippen MR) is 39.6 cm³/mol. The lowest BCUT2D eigenvalue weighted by Gasteiger charge is -2.14. The first kappa shape index (κ1) is 9.59. The van der Waals surface area contributed by atoms with Crippen LogP contribution in [0.3, 0.4) is 0 Å². The Bertz CT molecular complexity index is 93.8. The van der Waals surface area contributed by atoms with Gasteiger partial charge in [0.2, 0.25) is 0 Å². The molecule has 3 nitrogen and oxygen atoms in total. The number of carbonyl (C=O) groups excluding carboxylic acids is 1. The molecule has 0 aromatic heterocycles. The zero-order chi connectivity index (χ0) is 7.98. The van der Waals surface area contributed by atoms with Gasteiger partial charge in [0, 0.05) is 26.0 Å². The van der Waals surface area contributed by atoms with Crippen molar-refractivity contribution in [3.8, 4) is 0 Å². The second-order valence-corrected chi connectivity index (χ2v) is 2.38. The van der Waals surface area contributed by atoms with E-state index in [-0.39, 0.29) is 0 Å². The largest absolute Gasteiger partial charge is 0.400 e. The zero-order valence-corrected chi connectivity index (χ0v) is 6.34. The molecular formula is C7H15NO2. The molecule has 1 rings (SSSR count). The van der Waals surface area contributed by atoms with Gasteiger partial charge in [-0.2, -0.15) is 0 Å². The molecule has 10 heavy (non-hydrogen) atoms. The van der Waals surface area contributed by atoms with Crippen molar-refractivity contribution in [1.29, 1.82) is 0 Å². The molecule has 3 heteroatoms. The Morgan fingerprint density at radius 2 is 1.80 bits per heavy atom. The number of nitrogens with two attached hydrogens (primary N) is 1. The van der Waals surface area contributed by atoms with Crippen LogP contribution >= 0.6 is 0 Å². The standard InChI is InChI=1S/C6H11NO.CH4O/c7-5-1-3-6(8)4-2-5;1-2/h5H,1-4,7H2;2H,1H3.